The summed E-state index contributed by atoms with van der Waals surface area (Å²) in [6.45, 7) is 4.13. The highest BCUT2D eigenvalue weighted by atomic mass is 32.1. The fraction of sp³-hybridized carbons (Fsp3) is 0.545. The normalized spacial score (nSPS) is 27.3. The van der Waals surface area contributed by atoms with Crippen molar-refractivity contribution in [3.8, 4) is 5.75 Å². The number of nitrogens with zero attached hydrogens (tertiary/aromatic N) is 3. The van der Waals surface area contributed by atoms with Crippen molar-refractivity contribution >= 4 is 22.5 Å². The lowest BCUT2D eigenvalue weighted by Crippen LogP contribution is -2.51. The third kappa shape index (κ3) is 3.13. The molecule has 158 valence electrons. The molecular weight excluding hydrogens is 398 g/mol. The summed E-state index contributed by atoms with van der Waals surface area (Å²) in [7, 11) is 0. The van der Waals surface area contributed by atoms with E-state index < -0.39 is 0 Å². The van der Waals surface area contributed by atoms with Gasteiger partial charge in [-0.15, -0.1) is 0 Å². The average molecular weight is 426 g/mol. The van der Waals surface area contributed by atoms with Crippen LogP contribution in [0.25, 0.3) is 0 Å². The zero-order valence-electron chi connectivity index (χ0n) is 17.0. The zero-order valence-corrected chi connectivity index (χ0v) is 17.8. The second-order valence-corrected chi connectivity index (χ2v) is 9.73. The minimum atomic E-state index is 0.0114. The molecule has 2 N–H and O–H groups in total. The zero-order chi connectivity index (χ0) is 20.1. The summed E-state index contributed by atoms with van der Waals surface area (Å²) in [6.07, 6.45) is 4.15. The fourth-order valence-electron chi connectivity index (χ4n) is 5.29. The molecule has 0 spiro atoms. The first-order valence-corrected chi connectivity index (χ1v) is 11.8. The summed E-state index contributed by atoms with van der Waals surface area (Å²) in [5.41, 5.74) is 2.26. The summed E-state index contributed by atoms with van der Waals surface area (Å²) in [4.78, 5) is 23.8. The van der Waals surface area contributed by atoms with Gasteiger partial charge in [-0.25, -0.2) is 9.78 Å². The summed E-state index contributed by atoms with van der Waals surface area (Å²) < 4.78 is 5.73. The molecule has 2 bridgehead atoms. The molecule has 2 aromatic rings. The van der Waals surface area contributed by atoms with E-state index in [4.69, 9.17) is 9.72 Å². The number of piperazine rings is 1. The Bertz CT molecular complexity index is 947. The van der Waals surface area contributed by atoms with Gasteiger partial charge in [0.15, 0.2) is 5.13 Å². The molecule has 0 radical (unpaired) electrons. The molecule has 2 amide bonds. The SMILES string of the molecule is O=C(N[C@H]1CCOc2ccccc21)N1CCc2nc(N3C4CCC3CNC4)sc2C1. The Hall–Kier alpha value is -2.32. The predicted molar refractivity (Wildman–Crippen MR) is 116 cm³/mol. The van der Waals surface area contributed by atoms with Crippen LogP contribution in [0.2, 0.25) is 0 Å². The van der Waals surface area contributed by atoms with Crippen LogP contribution in [0.5, 0.6) is 5.75 Å². The molecule has 3 atom stereocenters. The number of fused-ring (bicyclic) bond motifs is 4. The lowest BCUT2D eigenvalue weighted by atomic mass is 10.0. The number of ether oxygens (including phenoxy) is 1. The molecule has 4 aliphatic rings. The van der Waals surface area contributed by atoms with Crippen LogP contribution in [0.3, 0.4) is 0 Å². The molecule has 7 nitrogen and oxygen atoms in total. The highest BCUT2D eigenvalue weighted by molar-refractivity contribution is 7.15. The van der Waals surface area contributed by atoms with E-state index in [1.54, 1.807) is 11.3 Å². The summed E-state index contributed by atoms with van der Waals surface area (Å²) in [5.74, 6) is 0.882. The lowest BCUT2D eigenvalue weighted by Gasteiger charge is -2.35. The Morgan fingerprint density at radius 3 is 2.90 bits per heavy atom. The number of carbonyl (C=O) groups excluding carboxylic acids is 1. The Morgan fingerprint density at radius 2 is 2.03 bits per heavy atom. The monoisotopic (exact) mass is 425 g/mol. The largest absolute Gasteiger partial charge is 0.493 e. The van der Waals surface area contributed by atoms with E-state index in [1.165, 1.54) is 23.4 Å². The topological polar surface area (TPSA) is 69.7 Å². The maximum atomic E-state index is 13.0. The molecule has 1 aromatic heterocycles. The molecule has 2 unspecified atom stereocenters. The molecule has 5 heterocycles. The fourth-order valence-corrected chi connectivity index (χ4v) is 6.55. The van der Waals surface area contributed by atoms with Crippen molar-refractivity contribution < 1.29 is 9.53 Å². The summed E-state index contributed by atoms with van der Waals surface area (Å²) in [5, 5.41) is 7.95. The van der Waals surface area contributed by atoms with Gasteiger partial charge in [0.25, 0.3) is 0 Å². The number of para-hydroxylation sites is 1. The van der Waals surface area contributed by atoms with Gasteiger partial charge in [0.1, 0.15) is 5.75 Å². The molecule has 6 rings (SSSR count). The van der Waals surface area contributed by atoms with E-state index in [9.17, 15) is 4.79 Å². The van der Waals surface area contributed by atoms with Crippen molar-refractivity contribution in [2.24, 2.45) is 0 Å². The third-order valence-corrected chi connectivity index (χ3v) is 7.96. The Labute approximate surface area is 180 Å². The highest BCUT2D eigenvalue weighted by Crippen LogP contribution is 2.38. The minimum Gasteiger partial charge on any atom is -0.493 e. The second kappa shape index (κ2) is 7.42. The predicted octanol–water partition coefficient (Wildman–Crippen LogP) is 2.68. The Kier molecular flexibility index (Phi) is 4.57. The standard InChI is InChI=1S/C22H27N5O2S/c28-21(24-17-8-10-29-19-4-2-1-3-16(17)19)26-9-7-18-20(13-26)30-22(25-18)27-14-5-6-15(27)12-23-11-14/h1-4,14-15,17,23H,5-13H2,(H,24,28)/t14?,15?,17-/m0/s1. The van der Waals surface area contributed by atoms with Gasteiger partial charge < -0.3 is 25.2 Å². The average Bonchev–Trinajstić information content (AvgIpc) is 3.30. The van der Waals surface area contributed by atoms with E-state index in [1.807, 2.05) is 29.2 Å². The van der Waals surface area contributed by atoms with Crippen LogP contribution in [0.4, 0.5) is 9.93 Å². The number of rotatable bonds is 2. The molecule has 0 aliphatic carbocycles. The smallest absolute Gasteiger partial charge is 0.318 e. The van der Waals surface area contributed by atoms with Crippen LogP contribution in [0.15, 0.2) is 24.3 Å². The number of urea groups is 1. The van der Waals surface area contributed by atoms with Gasteiger partial charge in [-0.2, -0.15) is 0 Å². The van der Waals surface area contributed by atoms with Gasteiger partial charge in [0, 0.05) is 55.0 Å². The van der Waals surface area contributed by atoms with Crippen LogP contribution < -0.4 is 20.3 Å². The van der Waals surface area contributed by atoms with Gasteiger partial charge in [-0.1, -0.05) is 29.5 Å². The van der Waals surface area contributed by atoms with Gasteiger partial charge in [-0.05, 0) is 18.9 Å². The number of thiazole rings is 1. The van der Waals surface area contributed by atoms with E-state index in [-0.39, 0.29) is 12.1 Å². The molecule has 1 aromatic carbocycles. The number of aromatic nitrogens is 1. The van der Waals surface area contributed by atoms with Crippen molar-refractivity contribution in [1.29, 1.82) is 0 Å². The van der Waals surface area contributed by atoms with Gasteiger partial charge in [0.05, 0.1) is 24.9 Å². The highest BCUT2D eigenvalue weighted by Gasteiger charge is 2.39. The maximum Gasteiger partial charge on any atom is 0.318 e. The third-order valence-electron chi connectivity index (χ3n) is 6.86. The molecule has 4 aliphatic heterocycles. The number of hydrogen-bond acceptors (Lipinski definition) is 6. The number of anilines is 1. The lowest BCUT2D eigenvalue weighted by molar-refractivity contribution is 0.181. The van der Waals surface area contributed by atoms with Crippen LogP contribution in [0, 0.1) is 0 Å². The van der Waals surface area contributed by atoms with E-state index in [0.29, 0.717) is 25.2 Å². The number of carbonyl (C=O) groups is 1. The second-order valence-electron chi connectivity index (χ2n) is 8.67. The Morgan fingerprint density at radius 1 is 1.20 bits per heavy atom. The van der Waals surface area contributed by atoms with Crippen LogP contribution in [-0.2, 0) is 13.0 Å². The first-order chi connectivity index (χ1) is 14.8. The molecule has 2 saturated heterocycles. The summed E-state index contributed by atoms with van der Waals surface area (Å²) >= 11 is 1.79. The molecule has 2 fully saturated rings. The van der Waals surface area contributed by atoms with Crippen LogP contribution in [0.1, 0.15) is 41.4 Å². The minimum absolute atomic E-state index is 0.0114. The van der Waals surface area contributed by atoms with Crippen molar-refractivity contribution in [2.75, 3.05) is 31.1 Å². The van der Waals surface area contributed by atoms with Crippen LogP contribution >= 0.6 is 11.3 Å². The van der Waals surface area contributed by atoms with E-state index >= 15 is 0 Å². The maximum absolute atomic E-state index is 13.0. The quantitative estimate of drug-likeness (QED) is 0.774. The molecule has 30 heavy (non-hydrogen) atoms. The van der Waals surface area contributed by atoms with Crippen molar-refractivity contribution in [2.45, 2.75) is 50.4 Å². The number of nitrogens with one attached hydrogen (secondary N) is 2. The van der Waals surface area contributed by atoms with Gasteiger partial charge in [-0.3, -0.25) is 0 Å². The van der Waals surface area contributed by atoms with Crippen molar-refractivity contribution in [3.63, 3.8) is 0 Å². The first kappa shape index (κ1) is 18.4. The molecule has 8 heteroatoms. The molecule has 0 saturated carbocycles. The van der Waals surface area contributed by atoms with Crippen molar-refractivity contribution in [1.82, 2.24) is 20.5 Å². The number of benzene rings is 1. The van der Waals surface area contributed by atoms with Gasteiger partial charge in [0.2, 0.25) is 0 Å². The molecular formula is C22H27N5O2S. The van der Waals surface area contributed by atoms with Crippen LogP contribution in [-0.4, -0.2) is 54.2 Å². The van der Waals surface area contributed by atoms with E-state index in [0.717, 1.165) is 48.9 Å². The number of amides is 2. The first-order valence-electron chi connectivity index (χ1n) is 11.0. The van der Waals surface area contributed by atoms with Gasteiger partial charge >= 0.3 is 6.03 Å². The Balaban J connectivity index is 1.16. The summed E-state index contributed by atoms with van der Waals surface area (Å²) in [6, 6.07) is 9.17. The van der Waals surface area contributed by atoms with Crippen molar-refractivity contribution in [3.05, 3.63) is 40.4 Å². The number of hydrogen-bond donors (Lipinski definition) is 2. The van der Waals surface area contributed by atoms with E-state index in [2.05, 4.69) is 15.5 Å².